The van der Waals surface area contributed by atoms with Crippen LogP contribution in [0.15, 0.2) is 36.8 Å². The van der Waals surface area contributed by atoms with E-state index < -0.39 is 17.9 Å². The van der Waals surface area contributed by atoms with Crippen LogP contribution in [-0.2, 0) is 17.5 Å². The summed E-state index contributed by atoms with van der Waals surface area (Å²) in [6.07, 6.45) is -0.0392. The van der Waals surface area contributed by atoms with Gasteiger partial charge in [-0.1, -0.05) is 13.8 Å². The Kier molecular flexibility index (Phi) is 7.13. The van der Waals surface area contributed by atoms with Crippen LogP contribution < -0.4 is 10.1 Å². The number of hydrogen-bond donors (Lipinski definition) is 1. The van der Waals surface area contributed by atoms with Gasteiger partial charge in [0.2, 0.25) is 5.82 Å². The molecular formula is C23H23F3N4O3S. The third-order valence-electron chi connectivity index (χ3n) is 5.11. The number of carbonyl (C=O) groups excluding carboxylic acids is 1. The summed E-state index contributed by atoms with van der Waals surface area (Å²) in [5.74, 6) is -0.778. The van der Waals surface area contributed by atoms with Crippen LogP contribution in [0.2, 0.25) is 0 Å². The van der Waals surface area contributed by atoms with Crippen molar-refractivity contribution in [2.24, 2.45) is 0 Å². The quantitative estimate of drug-likeness (QED) is 0.508. The highest BCUT2D eigenvalue weighted by molar-refractivity contribution is 7.15. The second kappa shape index (κ2) is 10.1. The van der Waals surface area contributed by atoms with Crippen LogP contribution in [0.5, 0.6) is 5.75 Å². The molecule has 4 rings (SSSR count). The Morgan fingerprint density at radius 1 is 1.21 bits per heavy atom. The number of amides is 1. The van der Waals surface area contributed by atoms with Gasteiger partial charge in [0, 0.05) is 53.1 Å². The molecule has 180 valence electrons. The summed E-state index contributed by atoms with van der Waals surface area (Å²) in [5, 5.41) is 3.46. The third kappa shape index (κ3) is 5.89. The molecule has 1 amide bonds. The van der Waals surface area contributed by atoms with Crippen LogP contribution in [-0.4, -0.2) is 40.2 Å². The monoisotopic (exact) mass is 492 g/mol. The van der Waals surface area contributed by atoms with Crippen molar-refractivity contribution in [2.45, 2.75) is 45.0 Å². The molecule has 0 radical (unpaired) electrons. The van der Waals surface area contributed by atoms with Crippen molar-refractivity contribution in [1.82, 2.24) is 20.3 Å². The van der Waals surface area contributed by atoms with Gasteiger partial charge in [-0.2, -0.15) is 13.2 Å². The minimum Gasteiger partial charge on any atom is -0.488 e. The molecule has 7 nitrogen and oxygen atoms in total. The summed E-state index contributed by atoms with van der Waals surface area (Å²) in [6.45, 7) is 5.25. The molecule has 34 heavy (non-hydrogen) atoms. The minimum absolute atomic E-state index is 0.0252. The third-order valence-corrected chi connectivity index (χ3v) is 6.46. The van der Waals surface area contributed by atoms with Crippen LogP contribution in [0.3, 0.4) is 0 Å². The maximum Gasteiger partial charge on any atom is 0.451 e. The van der Waals surface area contributed by atoms with Gasteiger partial charge in [-0.05, 0) is 24.1 Å². The summed E-state index contributed by atoms with van der Waals surface area (Å²) in [4.78, 5) is 25.2. The number of ether oxygens (including phenoxy) is 2. The molecular weight excluding hydrogens is 469 g/mol. The zero-order chi connectivity index (χ0) is 24.3. The Labute approximate surface area is 198 Å². The molecule has 1 aromatic carbocycles. The van der Waals surface area contributed by atoms with Crippen LogP contribution in [0, 0.1) is 0 Å². The van der Waals surface area contributed by atoms with E-state index in [1.54, 1.807) is 23.5 Å². The van der Waals surface area contributed by atoms with E-state index in [0.717, 1.165) is 34.3 Å². The molecule has 1 fully saturated rings. The molecule has 11 heteroatoms. The Hall–Kier alpha value is -3.05. The lowest BCUT2D eigenvalue weighted by molar-refractivity contribution is -0.145. The first-order valence-corrected chi connectivity index (χ1v) is 11.5. The topological polar surface area (TPSA) is 86.2 Å². The molecule has 0 spiro atoms. The maximum atomic E-state index is 12.9. The van der Waals surface area contributed by atoms with Gasteiger partial charge in [0.15, 0.2) is 0 Å². The second-order valence-corrected chi connectivity index (χ2v) is 9.23. The molecule has 1 N–H and O–H groups in total. The van der Waals surface area contributed by atoms with E-state index in [1.165, 1.54) is 0 Å². The Balaban J connectivity index is 1.54. The van der Waals surface area contributed by atoms with Crippen molar-refractivity contribution in [3.05, 3.63) is 58.6 Å². The average molecular weight is 493 g/mol. The first-order valence-electron chi connectivity index (χ1n) is 10.7. The molecule has 0 bridgehead atoms. The number of carbonyl (C=O) groups is 1. The molecule has 3 heterocycles. The molecule has 2 aromatic heterocycles. The fourth-order valence-electron chi connectivity index (χ4n) is 3.28. The van der Waals surface area contributed by atoms with Crippen molar-refractivity contribution >= 4 is 17.2 Å². The Morgan fingerprint density at radius 2 is 1.97 bits per heavy atom. The van der Waals surface area contributed by atoms with E-state index in [1.807, 2.05) is 12.3 Å². The molecule has 0 unspecified atom stereocenters. The Bertz CT molecular complexity index is 1140. The fraction of sp³-hybridized carbons (Fsp3) is 0.391. The number of aromatic nitrogens is 3. The number of nitrogens with one attached hydrogen (secondary N) is 1. The number of thiazole rings is 1. The van der Waals surface area contributed by atoms with Crippen LogP contribution in [0.1, 0.15) is 52.8 Å². The standard InChI is InChI=1S/C23H23F3N4O3S/c1-13(2)19-11-28-21(34-19)16-5-15(6-18(7-16)33-17-3-4-32-12-17)20(31)27-8-14-9-29-22(30-10-14)23(24,25)26/h5-7,9-11,13,17H,3-4,8,12H2,1-2H3,(H,27,31)/t17-/m1/s1. The lowest BCUT2D eigenvalue weighted by Crippen LogP contribution is -2.24. The first kappa shape index (κ1) is 24.1. The lowest BCUT2D eigenvalue weighted by Gasteiger charge is -2.14. The van der Waals surface area contributed by atoms with Gasteiger partial charge < -0.3 is 14.8 Å². The molecule has 3 aromatic rings. The Morgan fingerprint density at radius 3 is 2.59 bits per heavy atom. The first-order chi connectivity index (χ1) is 16.2. The number of halogens is 3. The van der Waals surface area contributed by atoms with Crippen LogP contribution in [0.4, 0.5) is 13.2 Å². The van der Waals surface area contributed by atoms with Gasteiger partial charge in [-0.3, -0.25) is 4.79 Å². The second-order valence-electron chi connectivity index (χ2n) is 8.17. The van der Waals surface area contributed by atoms with Gasteiger partial charge in [0.1, 0.15) is 16.9 Å². The van der Waals surface area contributed by atoms with Crippen molar-refractivity contribution in [3.8, 4) is 16.3 Å². The summed E-state index contributed by atoms with van der Waals surface area (Å²) < 4.78 is 49.3. The molecule has 0 saturated carbocycles. The summed E-state index contributed by atoms with van der Waals surface area (Å²) in [5.41, 5.74) is 1.44. The molecule has 1 saturated heterocycles. The van der Waals surface area contributed by atoms with Crippen molar-refractivity contribution in [3.63, 3.8) is 0 Å². The summed E-state index contributed by atoms with van der Waals surface area (Å²) in [6, 6.07) is 5.21. The minimum atomic E-state index is -4.62. The predicted molar refractivity (Wildman–Crippen MR) is 120 cm³/mol. The molecule has 1 atom stereocenters. The molecule has 1 aliphatic rings. The van der Waals surface area contributed by atoms with Crippen molar-refractivity contribution in [1.29, 1.82) is 0 Å². The van der Waals surface area contributed by atoms with Crippen LogP contribution in [0.25, 0.3) is 10.6 Å². The molecule has 1 aliphatic heterocycles. The van der Waals surface area contributed by atoms with Crippen LogP contribution >= 0.6 is 11.3 Å². The maximum absolute atomic E-state index is 12.9. The lowest BCUT2D eigenvalue weighted by atomic mass is 10.1. The van der Waals surface area contributed by atoms with E-state index in [2.05, 4.69) is 34.1 Å². The van der Waals surface area contributed by atoms with Gasteiger partial charge in [-0.25, -0.2) is 15.0 Å². The average Bonchev–Trinajstić information content (AvgIpc) is 3.49. The summed E-state index contributed by atoms with van der Waals surface area (Å²) in [7, 11) is 0. The van der Waals surface area contributed by atoms with E-state index in [9.17, 15) is 18.0 Å². The number of rotatable bonds is 7. The highest BCUT2D eigenvalue weighted by Crippen LogP contribution is 2.33. The highest BCUT2D eigenvalue weighted by atomic mass is 32.1. The number of nitrogens with zero attached hydrogens (tertiary/aromatic N) is 3. The zero-order valence-electron chi connectivity index (χ0n) is 18.6. The molecule has 0 aliphatic carbocycles. The van der Waals surface area contributed by atoms with Crippen molar-refractivity contribution in [2.75, 3.05) is 13.2 Å². The predicted octanol–water partition coefficient (Wildman–Crippen LogP) is 4.84. The largest absolute Gasteiger partial charge is 0.488 e. The van der Waals surface area contributed by atoms with Crippen molar-refractivity contribution < 1.29 is 27.4 Å². The van der Waals surface area contributed by atoms with Gasteiger partial charge in [-0.15, -0.1) is 11.3 Å². The summed E-state index contributed by atoms with van der Waals surface area (Å²) >= 11 is 1.55. The number of hydrogen-bond acceptors (Lipinski definition) is 7. The van der Waals surface area contributed by atoms with Gasteiger partial charge in [0.25, 0.3) is 5.91 Å². The van der Waals surface area contributed by atoms with Gasteiger partial charge in [0.05, 0.1) is 13.2 Å². The van der Waals surface area contributed by atoms with E-state index in [4.69, 9.17) is 9.47 Å². The van der Waals surface area contributed by atoms with E-state index in [0.29, 0.717) is 36.0 Å². The normalized spacial score (nSPS) is 16.1. The zero-order valence-corrected chi connectivity index (χ0v) is 19.4. The fourth-order valence-corrected chi connectivity index (χ4v) is 4.19. The SMILES string of the molecule is CC(C)c1cnc(-c2cc(O[C@@H]3CCOC3)cc(C(=O)NCc3cnc(C(F)(F)F)nc3)c2)s1. The highest BCUT2D eigenvalue weighted by Gasteiger charge is 2.34. The van der Waals surface area contributed by atoms with E-state index >= 15 is 0 Å². The smallest absolute Gasteiger partial charge is 0.451 e. The number of benzene rings is 1. The number of alkyl halides is 3. The van der Waals surface area contributed by atoms with Gasteiger partial charge >= 0.3 is 6.18 Å². The van der Waals surface area contributed by atoms with E-state index in [-0.39, 0.29) is 12.6 Å².